The van der Waals surface area contributed by atoms with E-state index >= 15 is 0 Å². The van der Waals surface area contributed by atoms with Gasteiger partial charge in [0.05, 0.1) is 5.69 Å². The van der Waals surface area contributed by atoms with E-state index in [1.165, 1.54) is 6.07 Å². The van der Waals surface area contributed by atoms with Crippen LogP contribution in [-0.2, 0) is 10.9 Å². The number of rotatable bonds is 4. The quantitative estimate of drug-likeness (QED) is 0.743. The lowest BCUT2D eigenvalue weighted by atomic mass is 9.77. The largest absolute Gasteiger partial charge is 0.446 e. The van der Waals surface area contributed by atoms with E-state index in [1.807, 2.05) is 0 Å². The van der Waals surface area contributed by atoms with E-state index in [0.29, 0.717) is 12.8 Å². The summed E-state index contributed by atoms with van der Waals surface area (Å²) in [5, 5.41) is 2.71. The van der Waals surface area contributed by atoms with Crippen molar-refractivity contribution in [3.05, 3.63) is 28.0 Å². The highest BCUT2D eigenvalue weighted by atomic mass is 79.9. The fourth-order valence-electron chi connectivity index (χ4n) is 2.61. The first-order valence-electron chi connectivity index (χ1n) is 6.86. The van der Waals surface area contributed by atoms with Crippen LogP contribution in [0.2, 0.25) is 0 Å². The molecule has 1 aromatic carbocycles. The molecule has 1 saturated carbocycles. The van der Waals surface area contributed by atoms with Crippen molar-refractivity contribution in [3.63, 3.8) is 0 Å². The molecule has 3 N–H and O–H groups in total. The maximum atomic E-state index is 13.7. The molecule has 1 atom stereocenters. The van der Waals surface area contributed by atoms with Gasteiger partial charge in [-0.05, 0) is 37.8 Å². The summed E-state index contributed by atoms with van der Waals surface area (Å²) < 4.78 is 57.8. The molecule has 0 heterocycles. The van der Waals surface area contributed by atoms with Crippen molar-refractivity contribution >= 4 is 27.7 Å². The first-order chi connectivity index (χ1) is 10.6. The molecule has 9 heteroatoms. The topological polar surface area (TPSA) is 64.3 Å². The molecule has 2 rings (SSSR count). The third-order valence-corrected chi connectivity index (χ3v) is 4.30. The fourth-order valence-corrected chi connectivity index (χ4v) is 3.04. The first-order valence-corrected chi connectivity index (χ1v) is 7.66. The van der Waals surface area contributed by atoms with Crippen molar-refractivity contribution in [2.24, 2.45) is 11.7 Å². The molecule has 0 aliphatic heterocycles. The Balaban J connectivity index is 2.10. The van der Waals surface area contributed by atoms with Crippen LogP contribution in [0.15, 0.2) is 16.6 Å². The predicted octanol–water partition coefficient (Wildman–Crippen LogP) is 4.28. The third kappa shape index (κ3) is 4.27. The summed E-state index contributed by atoms with van der Waals surface area (Å²) in [4.78, 5) is 10.6. The van der Waals surface area contributed by atoms with Crippen molar-refractivity contribution in [2.75, 3.05) is 5.32 Å². The van der Waals surface area contributed by atoms with Crippen molar-refractivity contribution in [1.82, 2.24) is 0 Å². The number of hydrogen-bond donors (Lipinski definition) is 2. The number of alkyl halides is 3. The summed E-state index contributed by atoms with van der Waals surface area (Å²) in [6.45, 7) is 1.70. The Morgan fingerprint density at radius 3 is 2.57 bits per heavy atom. The number of hydrogen-bond acceptors (Lipinski definition) is 3. The fraction of sp³-hybridized carbons (Fsp3) is 0.500. The number of ether oxygens (including phenoxy) is 1. The zero-order chi connectivity index (χ0) is 17.4. The number of amides is 1. The zero-order valence-corrected chi connectivity index (χ0v) is 13.7. The minimum absolute atomic E-state index is 0.00229. The summed E-state index contributed by atoms with van der Waals surface area (Å²) in [7, 11) is 0. The van der Waals surface area contributed by atoms with Crippen LogP contribution in [0, 0.1) is 11.7 Å². The molecule has 0 bridgehead atoms. The summed E-state index contributed by atoms with van der Waals surface area (Å²) in [6, 6.07) is 1.62. The van der Waals surface area contributed by atoms with Gasteiger partial charge in [0, 0.05) is 10.5 Å². The van der Waals surface area contributed by atoms with Crippen LogP contribution in [-0.4, -0.2) is 18.2 Å². The number of nitrogens with two attached hydrogens (primary N) is 1. The average molecular weight is 399 g/mol. The molecule has 1 aliphatic rings. The second-order valence-corrected chi connectivity index (χ2v) is 6.45. The molecule has 1 aromatic rings. The number of halogens is 5. The van der Waals surface area contributed by atoms with Crippen molar-refractivity contribution in [3.8, 4) is 0 Å². The van der Waals surface area contributed by atoms with Gasteiger partial charge in [-0.2, -0.15) is 13.2 Å². The van der Waals surface area contributed by atoms with E-state index in [-0.39, 0.29) is 28.2 Å². The van der Waals surface area contributed by atoms with Gasteiger partial charge < -0.3 is 15.8 Å². The Bertz CT molecular complexity index is 603. The molecule has 23 heavy (non-hydrogen) atoms. The van der Waals surface area contributed by atoms with Gasteiger partial charge in [-0.15, -0.1) is 0 Å². The van der Waals surface area contributed by atoms with Crippen molar-refractivity contribution in [1.29, 1.82) is 0 Å². The van der Waals surface area contributed by atoms with Gasteiger partial charge in [-0.1, -0.05) is 15.9 Å². The highest BCUT2D eigenvalue weighted by Gasteiger charge is 2.39. The van der Waals surface area contributed by atoms with Gasteiger partial charge in [-0.25, -0.2) is 9.18 Å². The maximum absolute atomic E-state index is 13.7. The molecule has 128 valence electrons. The van der Waals surface area contributed by atoms with Crippen LogP contribution >= 0.6 is 15.9 Å². The number of primary amides is 1. The second-order valence-electron chi connectivity index (χ2n) is 5.53. The third-order valence-electron chi connectivity index (χ3n) is 3.84. The smallest absolute Gasteiger partial charge is 0.421 e. The molecule has 0 saturated heterocycles. The number of benzene rings is 1. The molecule has 0 aromatic heterocycles. The Morgan fingerprint density at radius 2 is 2.04 bits per heavy atom. The maximum Gasteiger partial charge on any atom is 0.421 e. The van der Waals surface area contributed by atoms with Crippen LogP contribution in [0.1, 0.15) is 25.3 Å². The standard InChI is InChI=1S/C14H15BrF4N2O2/c1-6(7-2-9(3-7)23-13(20)22)21-11-5-8(15)4-10(16)12(11)14(17,18)19/h4-7,9,21H,2-3H2,1H3,(H2,20,22)/t6-,7?,9?/m0/s1. The lowest BCUT2D eigenvalue weighted by Gasteiger charge is -2.38. The molecule has 1 fully saturated rings. The summed E-state index contributed by atoms with van der Waals surface area (Å²) in [5.74, 6) is -1.34. The van der Waals surface area contributed by atoms with E-state index < -0.39 is 23.7 Å². The highest BCUT2D eigenvalue weighted by molar-refractivity contribution is 9.10. The minimum Gasteiger partial charge on any atom is -0.446 e. The summed E-state index contributed by atoms with van der Waals surface area (Å²) in [6.07, 6.45) is -5.00. The number of carbonyl (C=O) groups excluding carboxylic acids is 1. The Morgan fingerprint density at radius 1 is 1.43 bits per heavy atom. The molecule has 0 unspecified atom stereocenters. The SMILES string of the molecule is C[C@H](Nc1cc(Br)cc(F)c1C(F)(F)F)C1CC(OC(N)=O)C1. The minimum atomic E-state index is -4.80. The van der Waals surface area contributed by atoms with Gasteiger partial charge in [0.2, 0.25) is 0 Å². The van der Waals surface area contributed by atoms with E-state index in [0.717, 1.165) is 6.07 Å². The number of carbonyl (C=O) groups is 1. The van der Waals surface area contributed by atoms with Crippen molar-refractivity contribution < 1.29 is 27.1 Å². The van der Waals surface area contributed by atoms with Crippen LogP contribution in [0.4, 0.5) is 28.0 Å². The zero-order valence-electron chi connectivity index (χ0n) is 12.1. The highest BCUT2D eigenvalue weighted by Crippen LogP contribution is 2.40. The summed E-state index contributed by atoms with van der Waals surface area (Å²) in [5.41, 5.74) is 3.25. The normalized spacial score (nSPS) is 22.2. The second kappa shape index (κ2) is 6.54. The monoisotopic (exact) mass is 398 g/mol. The van der Waals surface area contributed by atoms with Gasteiger partial charge in [0.1, 0.15) is 17.5 Å². The van der Waals surface area contributed by atoms with Crippen LogP contribution in [0.5, 0.6) is 0 Å². The van der Waals surface area contributed by atoms with E-state index in [4.69, 9.17) is 10.5 Å². The van der Waals surface area contributed by atoms with Crippen LogP contribution in [0.3, 0.4) is 0 Å². The predicted molar refractivity (Wildman–Crippen MR) is 79.4 cm³/mol. The number of nitrogens with one attached hydrogen (secondary N) is 1. The average Bonchev–Trinajstić information content (AvgIpc) is 2.29. The lowest BCUT2D eigenvalue weighted by molar-refractivity contribution is -0.139. The van der Waals surface area contributed by atoms with Gasteiger partial charge >= 0.3 is 12.3 Å². The Labute approximate surface area is 138 Å². The molecule has 0 radical (unpaired) electrons. The molecule has 1 amide bonds. The molecule has 4 nitrogen and oxygen atoms in total. The van der Waals surface area contributed by atoms with Gasteiger partial charge in [0.15, 0.2) is 0 Å². The lowest BCUT2D eigenvalue weighted by Crippen LogP contribution is -2.42. The van der Waals surface area contributed by atoms with E-state index in [9.17, 15) is 22.4 Å². The van der Waals surface area contributed by atoms with Crippen molar-refractivity contribution in [2.45, 2.75) is 38.1 Å². The van der Waals surface area contributed by atoms with E-state index in [1.54, 1.807) is 6.92 Å². The molecule has 0 spiro atoms. The van der Waals surface area contributed by atoms with Crippen LogP contribution < -0.4 is 11.1 Å². The summed E-state index contributed by atoms with van der Waals surface area (Å²) >= 11 is 2.99. The first kappa shape index (κ1) is 17.8. The Kier molecular flexibility index (Phi) is 5.07. The molecular formula is C14H15BrF4N2O2. The van der Waals surface area contributed by atoms with Gasteiger partial charge in [0.25, 0.3) is 0 Å². The van der Waals surface area contributed by atoms with Crippen LogP contribution in [0.25, 0.3) is 0 Å². The Hall–Kier alpha value is -1.51. The molecular weight excluding hydrogens is 384 g/mol. The number of anilines is 1. The van der Waals surface area contributed by atoms with Gasteiger partial charge in [-0.3, -0.25) is 0 Å². The molecule has 1 aliphatic carbocycles. The van der Waals surface area contributed by atoms with E-state index in [2.05, 4.69) is 21.2 Å².